The summed E-state index contributed by atoms with van der Waals surface area (Å²) < 4.78 is 2.23. The van der Waals surface area contributed by atoms with Crippen molar-refractivity contribution < 1.29 is 2.85 Å². The Hall–Kier alpha value is -1.23. The monoisotopic (exact) mass is 541 g/mol. The molecule has 1 heterocycles. The Kier molecular flexibility index (Phi) is 10.9. The molecule has 2 heteroatoms. The van der Waals surface area contributed by atoms with Crippen LogP contribution in [0, 0.1) is 63.6 Å². The van der Waals surface area contributed by atoms with Gasteiger partial charge in [0, 0.05) is 15.6 Å². The minimum absolute atomic E-state index is 0. The molecule has 5 saturated carbocycles. The molecule has 0 aromatic carbocycles. The van der Waals surface area contributed by atoms with Crippen molar-refractivity contribution in [1.29, 1.82) is 0 Å². The van der Waals surface area contributed by atoms with Crippen LogP contribution in [-0.4, -0.2) is 9.78 Å². The molecular weight excluding hydrogens is 472 g/mol. The van der Waals surface area contributed by atoms with Crippen LogP contribution in [-0.2, 0) is 6.54 Å². The van der Waals surface area contributed by atoms with E-state index in [-0.39, 0.29) is 10.3 Å². The van der Waals surface area contributed by atoms with Gasteiger partial charge in [-0.15, -0.1) is 5.92 Å². The third-order valence-corrected chi connectivity index (χ3v) is 12.3. The summed E-state index contributed by atoms with van der Waals surface area (Å²) in [5, 5.41) is 4.71. The Morgan fingerprint density at radius 1 is 0.923 bits per heavy atom. The Balaban J connectivity index is 0.00000115. The maximum absolute atomic E-state index is 4.71. The molecule has 1 aromatic heterocycles. The summed E-state index contributed by atoms with van der Waals surface area (Å²) in [6.45, 7) is 18.8. The number of hydrogen-bond acceptors (Lipinski definition) is 1. The van der Waals surface area contributed by atoms with Gasteiger partial charge in [0.25, 0.3) is 0 Å². The predicted molar refractivity (Wildman–Crippen MR) is 174 cm³/mol. The first-order valence-electron chi connectivity index (χ1n) is 16.9. The van der Waals surface area contributed by atoms with Gasteiger partial charge in [0.05, 0.1) is 11.8 Å². The molecule has 0 saturated heterocycles. The lowest BCUT2D eigenvalue weighted by atomic mass is 9.44. The lowest BCUT2D eigenvalue weighted by molar-refractivity contribution is -0.118. The van der Waals surface area contributed by atoms with Gasteiger partial charge < -0.3 is 0 Å². The van der Waals surface area contributed by atoms with Crippen LogP contribution in [0.4, 0.5) is 0 Å². The van der Waals surface area contributed by atoms with Crippen molar-refractivity contribution >= 4 is 0 Å². The Morgan fingerprint density at radius 3 is 2.26 bits per heavy atom. The highest BCUT2D eigenvalue weighted by Crippen LogP contribution is 2.72. The van der Waals surface area contributed by atoms with E-state index >= 15 is 0 Å². The second-order valence-corrected chi connectivity index (χ2v) is 13.9. The van der Waals surface area contributed by atoms with Gasteiger partial charge in [-0.2, -0.15) is 5.10 Å². The topological polar surface area (TPSA) is 17.8 Å². The fourth-order valence-corrected chi connectivity index (χ4v) is 11.0. The first-order valence-corrected chi connectivity index (χ1v) is 16.9. The second kappa shape index (κ2) is 13.2. The summed E-state index contributed by atoms with van der Waals surface area (Å²) in [5.41, 5.74) is 2.87. The first kappa shape index (κ1) is 32.3. The average molecular weight is 541 g/mol. The van der Waals surface area contributed by atoms with E-state index in [1.807, 2.05) is 40.8 Å². The van der Waals surface area contributed by atoms with Crippen LogP contribution in [0.2, 0.25) is 0 Å². The van der Waals surface area contributed by atoms with Crippen molar-refractivity contribution in [2.45, 2.75) is 153 Å². The molecule has 0 amide bonds. The molecule has 2 nitrogen and oxygen atoms in total. The summed E-state index contributed by atoms with van der Waals surface area (Å²) in [6, 6.07) is 0. The van der Waals surface area contributed by atoms with Gasteiger partial charge in [-0.1, -0.05) is 74.7 Å². The Labute approximate surface area is 246 Å². The maximum atomic E-state index is 4.71. The fraction of sp³-hybridized carbons (Fsp3) is 0.865. The van der Waals surface area contributed by atoms with Crippen molar-refractivity contribution in [2.24, 2.45) is 51.8 Å². The maximum Gasteiger partial charge on any atom is 0.0646 e. The molecule has 0 aliphatic heterocycles. The molecule has 8 atom stereocenters. The molecule has 0 N–H and O–H groups in total. The number of fused-ring (bicyclic) bond motifs is 5. The Morgan fingerprint density at radius 2 is 1.59 bits per heavy atom. The van der Waals surface area contributed by atoms with E-state index in [1.165, 1.54) is 64.2 Å². The summed E-state index contributed by atoms with van der Waals surface area (Å²) in [5.74, 6) is 12.2. The molecule has 0 radical (unpaired) electrons. The number of aromatic nitrogens is 2. The number of hydrogen-bond donors (Lipinski definition) is 0. The molecule has 0 bridgehead atoms. The smallest absolute Gasteiger partial charge is 0.0646 e. The molecule has 226 valence electrons. The van der Waals surface area contributed by atoms with Gasteiger partial charge in [-0.05, 0) is 129 Å². The lowest BCUT2D eigenvalue weighted by Crippen LogP contribution is -2.53. The van der Waals surface area contributed by atoms with Crippen molar-refractivity contribution in [3.05, 3.63) is 18.0 Å². The largest absolute Gasteiger partial charge is 0.271 e. The van der Waals surface area contributed by atoms with Gasteiger partial charge in [0.2, 0.25) is 0 Å². The minimum Gasteiger partial charge on any atom is -0.271 e. The van der Waals surface area contributed by atoms with Crippen LogP contribution >= 0.6 is 0 Å². The lowest BCUT2D eigenvalue weighted by Gasteiger charge is -2.61. The third kappa shape index (κ3) is 5.77. The number of nitrogens with zero attached hydrogens (tertiary/aromatic N) is 2. The minimum atomic E-state index is 0. The zero-order chi connectivity index (χ0) is 27.6. The van der Waals surface area contributed by atoms with Crippen LogP contribution in [0.5, 0.6) is 0 Å². The molecular formula is C37H68N2. The normalized spacial score (nSPS) is 39.0. The molecule has 5 aliphatic rings. The van der Waals surface area contributed by atoms with Crippen LogP contribution in [0.25, 0.3) is 0 Å². The zero-order valence-electron chi connectivity index (χ0n) is 26.4. The van der Waals surface area contributed by atoms with Crippen LogP contribution in [0.15, 0.2) is 12.4 Å². The molecule has 6 rings (SSSR count). The number of rotatable bonds is 5. The van der Waals surface area contributed by atoms with E-state index in [1.54, 1.807) is 19.3 Å². The highest BCUT2D eigenvalue weighted by molar-refractivity contribution is 5.29. The van der Waals surface area contributed by atoms with Crippen molar-refractivity contribution in [3.63, 3.8) is 0 Å². The Bertz CT molecular complexity index is 971. The van der Waals surface area contributed by atoms with Gasteiger partial charge in [-0.25, -0.2) is 0 Å². The fourth-order valence-electron chi connectivity index (χ4n) is 11.0. The molecule has 3 unspecified atom stereocenters. The van der Waals surface area contributed by atoms with E-state index < -0.39 is 0 Å². The summed E-state index contributed by atoms with van der Waals surface area (Å²) in [7, 11) is 0. The average Bonchev–Trinajstić information content (AvgIpc) is 3.39. The summed E-state index contributed by atoms with van der Waals surface area (Å²) >= 11 is 0. The van der Waals surface area contributed by atoms with E-state index in [2.05, 4.69) is 43.5 Å². The molecule has 5 fully saturated rings. The third-order valence-electron chi connectivity index (χ3n) is 12.3. The highest BCUT2D eigenvalue weighted by atomic mass is 15.3. The molecule has 39 heavy (non-hydrogen) atoms. The zero-order valence-corrected chi connectivity index (χ0v) is 26.4. The van der Waals surface area contributed by atoms with E-state index in [0.29, 0.717) is 16.2 Å². The SMILES string of the molecule is C.CC.CC.CC#Cc1cnn(CC2(C3CCC4[C@@H]5CC[C@]6(CCC)C[C@@H](C)CC[C@@H]6C5CC[C@@]43C)CC2)c1.[HH].[HH]. The van der Waals surface area contributed by atoms with E-state index in [4.69, 9.17) is 5.10 Å². The predicted octanol–water partition coefficient (Wildman–Crippen LogP) is 11.3. The van der Waals surface area contributed by atoms with E-state index in [0.717, 1.165) is 47.6 Å². The van der Waals surface area contributed by atoms with Gasteiger partial charge in [0.1, 0.15) is 0 Å². The van der Waals surface area contributed by atoms with Gasteiger partial charge >= 0.3 is 0 Å². The van der Waals surface area contributed by atoms with Crippen LogP contribution in [0.1, 0.15) is 155 Å². The molecule has 0 spiro atoms. The van der Waals surface area contributed by atoms with Crippen molar-refractivity contribution in [3.8, 4) is 11.8 Å². The summed E-state index contributed by atoms with van der Waals surface area (Å²) in [6.07, 6.45) is 23.6. The quantitative estimate of drug-likeness (QED) is 0.339. The first-order chi connectivity index (χ1) is 18.4. The highest BCUT2D eigenvalue weighted by Gasteiger charge is 2.65. The standard InChI is InChI=1S/C32H48N2.2C2H6.CH4.2H2/c1-5-7-24-20-33-34(21-24)22-32(17-18-32)29-11-10-27-25-13-16-31(14-6-2)19-23(3)8-9-28(31)26(25)12-15-30(27,29)4;2*1-2;;;/h20-21,23,25-29H,6,8-19,22H2,1-4H3;2*1-2H3;1H4;2*1H/t23-,25+,26?,27?,28+,29?,30-,31+;;;;;/m0...../s1. The van der Waals surface area contributed by atoms with Crippen LogP contribution in [0.3, 0.4) is 0 Å². The van der Waals surface area contributed by atoms with E-state index in [9.17, 15) is 0 Å². The summed E-state index contributed by atoms with van der Waals surface area (Å²) in [4.78, 5) is 0. The van der Waals surface area contributed by atoms with Crippen molar-refractivity contribution in [2.75, 3.05) is 0 Å². The molecule has 5 aliphatic carbocycles. The molecule has 1 aromatic rings. The van der Waals surface area contributed by atoms with Gasteiger partial charge in [-0.3, -0.25) is 4.68 Å². The second-order valence-electron chi connectivity index (χ2n) is 13.9. The van der Waals surface area contributed by atoms with Gasteiger partial charge in [0.15, 0.2) is 0 Å². The van der Waals surface area contributed by atoms with Crippen LogP contribution < -0.4 is 0 Å². The van der Waals surface area contributed by atoms with Crippen molar-refractivity contribution in [1.82, 2.24) is 9.78 Å².